The van der Waals surface area contributed by atoms with E-state index in [0.29, 0.717) is 18.8 Å². The molecule has 2 aromatic carbocycles. The van der Waals surface area contributed by atoms with Gasteiger partial charge in [0.2, 0.25) is 5.91 Å². The molecule has 6 nitrogen and oxygen atoms in total. The fourth-order valence-electron chi connectivity index (χ4n) is 3.45. The second-order valence-corrected chi connectivity index (χ2v) is 7.31. The third kappa shape index (κ3) is 4.49. The molecule has 0 aliphatic carbocycles. The van der Waals surface area contributed by atoms with E-state index in [1.807, 2.05) is 73.3 Å². The van der Waals surface area contributed by atoms with Gasteiger partial charge in [0.05, 0.1) is 24.4 Å². The first kappa shape index (κ1) is 19.6. The van der Waals surface area contributed by atoms with Crippen molar-refractivity contribution in [1.29, 1.82) is 0 Å². The van der Waals surface area contributed by atoms with Crippen LogP contribution in [-0.4, -0.2) is 20.8 Å². The molecule has 0 aliphatic rings. The van der Waals surface area contributed by atoms with Crippen LogP contribution in [0.2, 0.25) is 0 Å². The largest absolute Gasteiger partial charge is 0.361 e. The maximum atomic E-state index is 12.5. The van der Waals surface area contributed by atoms with Crippen LogP contribution < -0.4 is 5.32 Å². The standard InChI is InChI=1S/C24H24N4O2/c1-17-22(18(2)30-27-17)13-23(29)25-14-21-16-28(15-19-9-5-3-6-10-19)26-24(21)20-11-7-4-8-12-20/h3-12,16H,13-15H2,1-2H3,(H,25,29). The van der Waals surface area contributed by atoms with E-state index < -0.39 is 0 Å². The number of carbonyl (C=O) groups excluding carboxylic acids is 1. The highest BCUT2D eigenvalue weighted by molar-refractivity contribution is 5.79. The van der Waals surface area contributed by atoms with E-state index in [9.17, 15) is 4.79 Å². The van der Waals surface area contributed by atoms with Crippen LogP contribution in [0.1, 0.15) is 28.1 Å². The fraction of sp³-hybridized carbons (Fsp3) is 0.208. The molecule has 2 heterocycles. The van der Waals surface area contributed by atoms with Gasteiger partial charge in [-0.1, -0.05) is 65.8 Å². The van der Waals surface area contributed by atoms with Crippen molar-refractivity contribution in [3.63, 3.8) is 0 Å². The van der Waals surface area contributed by atoms with E-state index in [0.717, 1.165) is 28.1 Å². The second kappa shape index (κ2) is 8.78. The number of benzene rings is 2. The third-order valence-corrected chi connectivity index (χ3v) is 5.07. The quantitative estimate of drug-likeness (QED) is 0.508. The summed E-state index contributed by atoms with van der Waals surface area (Å²) in [6, 6.07) is 20.2. The Labute approximate surface area is 175 Å². The van der Waals surface area contributed by atoms with Crippen molar-refractivity contribution in [3.8, 4) is 11.3 Å². The molecule has 0 fully saturated rings. The maximum Gasteiger partial charge on any atom is 0.224 e. The number of hydrogen-bond donors (Lipinski definition) is 1. The van der Waals surface area contributed by atoms with Crippen molar-refractivity contribution in [3.05, 3.63) is 95.0 Å². The Balaban J connectivity index is 1.53. The van der Waals surface area contributed by atoms with Crippen LogP contribution in [0.4, 0.5) is 0 Å². The van der Waals surface area contributed by atoms with Gasteiger partial charge in [-0.2, -0.15) is 5.10 Å². The lowest BCUT2D eigenvalue weighted by molar-refractivity contribution is -0.120. The Kier molecular flexibility index (Phi) is 5.75. The molecule has 0 aliphatic heterocycles. The summed E-state index contributed by atoms with van der Waals surface area (Å²) in [5.41, 5.74) is 5.65. The molecular formula is C24H24N4O2. The van der Waals surface area contributed by atoms with Gasteiger partial charge in [0, 0.05) is 29.4 Å². The number of nitrogens with one attached hydrogen (secondary N) is 1. The van der Waals surface area contributed by atoms with E-state index in [1.165, 1.54) is 5.56 Å². The number of aromatic nitrogens is 3. The van der Waals surface area contributed by atoms with Crippen LogP contribution in [0.5, 0.6) is 0 Å². The van der Waals surface area contributed by atoms with Crippen LogP contribution in [0, 0.1) is 13.8 Å². The Morgan fingerprint density at radius 2 is 1.73 bits per heavy atom. The van der Waals surface area contributed by atoms with Gasteiger partial charge >= 0.3 is 0 Å². The van der Waals surface area contributed by atoms with Crippen molar-refractivity contribution in [1.82, 2.24) is 20.3 Å². The lowest BCUT2D eigenvalue weighted by atomic mass is 10.1. The van der Waals surface area contributed by atoms with Gasteiger partial charge in [-0.05, 0) is 19.4 Å². The van der Waals surface area contributed by atoms with Crippen LogP contribution in [0.3, 0.4) is 0 Å². The molecule has 4 rings (SSSR count). The molecule has 1 N–H and O–H groups in total. The van der Waals surface area contributed by atoms with E-state index in [-0.39, 0.29) is 12.3 Å². The molecule has 0 radical (unpaired) electrons. The number of amides is 1. The Morgan fingerprint density at radius 1 is 1.03 bits per heavy atom. The van der Waals surface area contributed by atoms with Crippen molar-refractivity contribution in [2.75, 3.05) is 0 Å². The minimum Gasteiger partial charge on any atom is -0.361 e. The van der Waals surface area contributed by atoms with Crippen molar-refractivity contribution >= 4 is 5.91 Å². The predicted molar refractivity (Wildman–Crippen MR) is 115 cm³/mol. The van der Waals surface area contributed by atoms with Crippen LogP contribution in [-0.2, 0) is 24.3 Å². The number of hydrogen-bond acceptors (Lipinski definition) is 4. The zero-order chi connectivity index (χ0) is 20.9. The van der Waals surface area contributed by atoms with E-state index in [4.69, 9.17) is 9.62 Å². The van der Waals surface area contributed by atoms with Crippen molar-refractivity contribution in [2.24, 2.45) is 0 Å². The van der Waals surface area contributed by atoms with Gasteiger partial charge in [0.25, 0.3) is 0 Å². The summed E-state index contributed by atoms with van der Waals surface area (Å²) in [5.74, 6) is 0.613. The fourth-order valence-corrected chi connectivity index (χ4v) is 3.45. The van der Waals surface area contributed by atoms with Gasteiger partial charge in [0.15, 0.2) is 0 Å². The molecule has 0 saturated heterocycles. The average molecular weight is 400 g/mol. The van der Waals surface area contributed by atoms with E-state index in [2.05, 4.69) is 22.6 Å². The number of nitrogens with zero attached hydrogens (tertiary/aromatic N) is 3. The van der Waals surface area contributed by atoms with E-state index in [1.54, 1.807) is 0 Å². The highest BCUT2D eigenvalue weighted by atomic mass is 16.5. The molecular weight excluding hydrogens is 376 g/mol. The van der Waals surface area contributed by atoms with Gasteiger partial charge in [-0.3, -0.25) is 9.48 Å². The van der Waals surface area contributed by atoms with Gasteiger partial charge in [-0.25, -0.2) is 0 Å². The molecule has 4 aromatic rings. The lowest BCUT2D eigenvalue weighted by Crippen LogP contribution is -2.25. The number of rotatable bonds is 7. The predicted octanol–water partition coefficient (Wildman–Crippen LogP) is 4.06. The first-order valence-corrected chi connectivity index (χ1v) is 9.94. The van der Waals surface area contributed by atoms with Crippen LogP contribution >= 0.6 is 0 Å². The summed E-state index contributed by atoms with van der Waals surface area (Å²) >= 11 is 0. The zero-order valence-corrected chi connectivity index (χ0v) is 17.1. The Hall–Kier alpha value is -3.67. The second-order valence-electron chi connectivity index (χ2n) is 7.31. The first-order chi connectivity index (χ1) is 14.6. The molecule has 152 valence electrons. The molecule has 0 unspecified atom stereocenters. The summed E-state index contributed by atoms with van der Waals surface area (Å²) < 4.78 is 7.08. The van der Waals surface area contributed by atoms with Crippen molar-refractivity contribution in [2.45, 2.75) is 33.4 Å². The summed E-state index contributed by atoms with van der Waals surface area (Å²) in [6.07, 6.45) is 2.26. The molecule has 0 bridgehead atoms. The molecule has 2 aromatic heterocycles. The lowest BCUT2D eigenvalue weighted by Gasteiger charge is -2.06. The average Bonchev–Trinajstić information content (AvgIpc) is 3.31. The SMILES string of the molecule is Cc1noc(C)c1CC(=O)NCc1cn(Cc2ccccc2)nc1-c1ccccc1. The molecule has 30 heavy (non-hydrogen) atoms. The molecule has 6 heteroatoms. The smallest absolute Gasteiger partial charge is 0.224 e. The zero-order valence-electron chi connectivity index (χ0n) is 17.1. The molecule has 0 spiro atoms. The summed E-state index contributed by atoms with van der Waals surface area (Å²) in [4.78, 5) is 12.5. The van der Waals surface area contributed by atoms with Gasteiger partial charge in [-0.15, -0.1) is 0 Å². The summed E-state index contributed by atoms with van der Waals surface area (Å²) in [5, 5.41) is 11.7. The maximum absolute atomic E-state index is 12.5. The van der Waals surface area contributed by atoms with E-state index >= 15 is 0 Å². The minimum absolute atomic E-state index is 0.0702. The normalized spacial score (nSPS) is 10.9. The summed E-state index contributed by atoms with van der Waals surface area (Å²) in [7, 11) is 0. The Morgan fingerprint density at radius 3 is 2.40 bits per heavy atom. The molecule has 0 saturated carbocycles. The minimum atomic E-state index is -0.0702. The van der Waals surface area contributed by atoms with Crippen LogP contribution in [0.25, 0.3) is 11.3 Å². The number of carbonyl (C=O) groups is 1. The Bertz CT molecular complexity index is 1110. The van der Waals surface area contributed by atoms with Crippen molar-refractivity contribution < 1.29 is 9.32 Å². The van der Waals surface area contributed by atoms with Gasteiger partial charge < -0.3 is 9.84 Å². The summed E-state index contributed by atoms with van der Waals surface area (Å²) in [6.45, 7) is 4.75. The highest BCUT2D eigenvalue weighted by Gasteiger charge is 2.16. The topological polar surface area (TPSA) is 73.0 Å². The monoisotopic (exact) mass is 400 g/mol. The van der Waals surface area contributed by atoms with Crippen LogP contribution in [0.15, 0.2) is 71.4 Å². The van der Waals surface area contributed by atoms with Gasteiger partial charge in [0.1, 0.15) is 5.76 Å². The molecule has 0 atom stereocenters. The molecule has 1 amide bonds. The first-order valence-electron chi connectivity index (χ1n) is 9.94. The number of aryl methyl sites for hydroxylation is 2. The third-order valence-electron chi connectivity index (χ3n) is 5.07. The highest BCUT2D eigenvalue weighted by Crippen LogP contribution is 2.22.